The number of carbonyl (C=O) groups excluding carboxylic acids is 3. The van der Waals surface area contributed by atoms with Crippen LogP contribution in [0.15, 0.2) is 0 Å². The molecule has 0 aromatic rings. The Labute approximate surface area is 130 Å². The molecule has 0 radical (unpaired) electrons. The first-order valence-electron chi connectivity index (χ1n) is 7.71. The number of likely N-dealkylation sites (N-methyl/N-ethyl adjacent to an activating group) is 1. The number of aliphatic hydroxyl groups excluding tert-OH is 1. The van der Waals surface area contributed by atoms with Crippen molar-refractivity contribution in [1.29, 1.82) is 0 Å². The van der Waals surface area contributed by atoms with Gasteiger partial charge in [0.05, 0.1) is 11.5 Å². The maximum Gasteiger partial charge on any atom is 0.247 e. The van der Waals surface area contributed by atoms with Gasteiger partial charge >= 0.3 is 0 Å². The number of hydrogen-bond acceptors (Lipinski definition) is 4. The molecule has 7 nitrogen and oxygen atoms in total. The Hall–Kier alpha value is -1.63. The lowest BCUT2D eigenvalue weighted by Gasteiger charge is -2.54. The van der Waals surface area contributed by atoms with Crippen molar-refractivity contribution < 1.29 is 19.5 Å². The van der Waals surface area contributed by atoms with E-state index >= 15 is 0 Å². The summed E-state index contributed by atoms with van der Waals surface area (Å²) in [6.45, 7) is 5.03. The van der Waals surface area contributed by atoms with Crippen molar-refractivity contribution >= 4 is 17.7 Å². The van der Waals surface area contributed by atoms with Crippen molar-refractivity contribution in [1.82, 2.24) is 14.7 Å². The van der Waals surface area contributed by atoms with Gasteiger partial charge < -0.3 is 19.8 Å². The fourth-order valence-electron chi connectivity index (χ4n) is 3.38. The zero-order valence-electron chi connectivity index (χ0n) is 13.7. The van der Waals surface area contributed by atoms with E-state index in [0.29, 0.717) is 26.1 Å². The second-order valence-corrected chi connectivity index (χ2v) is 6.53. The van der Waals surface area contributed by atoms with E-state index in [1.54, 1.807) is 19.0 Å². The van der Waals surface area contributed by atoms with Crippen molar-refractivity contribution in [2.24, 2.45) is 5.41 Å². The van der Waals surface area contributed by atoms with Crippen molar-refractivity contribution in [2.75, 3.05) is 33.7 Å². The molecular formula is C15H25N3O4. The van der Waals surface area contributed by atoms with Crippen LogP contribution in [0.4, 0.5) is 0 Å². The van der Waals surface area contributed by atoms with Crippen LogP contribution in [-0.2, 0) is 14.4 Å². The van der Waals surface area contributed by atoms with Crippen LogP contribution in [0.3, 0.4) is 0 Å². The average molecular weight is 311 g/mol. The summed E-state index contributed by atoms with van der Waals surface area (Å²) in [7, 11) is 3.20. The lowest BCUT2D eigenvalue weighted by molar-refractivity contribution is -0.181. The number of piperidine rings is 1. The standard InChI is InChI=1S/C15H25N3O4/c1-5-17-7-6-15(8-11(17)20)9-18(14(15)22)12(10(2)19)13(21)16(3)4/h10,12,19H,5-9H2,1-4H3/t10-,12+,15?/m1/s1. The largest absolute Gasteiger partial charge is 0.391 e. The summed E-state index contributed by atoms with van der Waals surface area (Å²) in [5.41, 5.74) is -0.664. The van der Waals surface area contributed by atoms with E-state index in [0.717, 1.165) is 0 Å². The van der Waals surface area contributed by atoms with Crippen LogP contribution in [-0.4, -0.2) is 83.4 Å². The van der Waals surface area contributed by atoms with E-state index in [1.807, 2.05) is 6.92 Å². The molecule has 3 atom stereocenters. The molecule has 7 heteroatoms. The number of rotatable bonds is 4. The van der Waals surface area contributed by atoms with Crippen molar-refractivity contribution in [3.63, 3.8) is 0 Å². The van der Waals surface area contributed by atoms with Gasteiger partial charge in [-0.1, -0.05) is 0 Å². The monoisotopic (exact) mass is 311 g/mol. The van der Waals surface area contributed by atoms with Crippen molar-refractivity contribution in [2.45, 2.75) is 38.8 Å². The Morgan fingerprint density at radius 1 is 1.41 bits per heavy atom. The third-order valence-electron chi connectivity index (χ3n) is 4.76. The molecule has 1 N–H and O–H groups in total. The molecule has 2 saturated heterocycles. The van der Waals surface area contributed by atoms with E-state index in [-0.39, 0.29) is 24.1 Å². The number of hydrogen-bond donors (Lipinski definition) is 1. The third-order valence-corrected chi connectivity index (χ3v) is 4.76. The molecule has 0 aliphatic carbocycles. The summed E-state index contributed by atoms with van der Waals surface area (Å²) >= 11 is 0. The first-order chi connectivity index (χ1) is 10.2. The van der Waals surface area contributed by atoms with Crippen LogP contribution < -0.4 is 0 Å². The first kappa shape index (κ1) is 16.7. The molecule has 1 spiro atoms. The maximum atomic E-state index is 12.6. The minimum absolute atomic E-state index is 0.00529. The Balaban J connectivity index is 2.11. The fraction of sp³-hybridized carbons (Fsp3) is 0.800. The molecular weight excluding hydrogens is 286 g/mol. The van der Waals surface area contributed by atoms with Crippen LogP contribution in [0.1, 0.15) is 26.7 Å². The maximum absolute atomic E-state index is 12.6. The average Bonchev–Trinajstić information content (AvgIpc) is 2.46. The van der Waals surface area contributed by atoms with Gasteiger partial charge in [0.15, 0.2) is 0 Å². The van der Waals surface area contributed by atoms with Crippen molar-refractivity contribution in [3.05, 3.63) is 0 Å². The number of likely N-dealkylation sites (tertiary alicyclic amines) is 2. The summed E-state index contributed by atoms with van der Waals surface area (Å²) in [5, 5.41) is 9.89. The number of aliphatic hydroxyl groups is 1. The van der Waals surface area contributed by atoms with Gasteiger partial charge in [-0.25, -0.2) is 0 Å². The van der Waals surface area contributed by atoms with Gasteiger partial charge in [-0.05, 0) is 20.3 Å². The van der Waals surface area contributed by atoms with E-state index < -0.39 is 17.6 Å². The van der Waals surface area contributed by atoms with Crippen LogP contribution >= 0.6 is 0 Å². The molecule has 0 bridgehead atoms. The summed E-state index contributed by atoms with van der Waals surface area (Å²) in [6, 6.07) is -0.868. The molecule has 0 aromatic carbocycles. The quantitative estimate of drug-likeness (QED) is 0.696. The number of amides is 3. The van der Waals surface area contributed by atoms with Gasteiger partial charge in [0.25, 0.3) is 0 Å². The topological polar surface area (TPSA) is 81.2 Å². The Kier molecular flexibility index (Phi) is 4.47. The molecule has 0 saturated carbocycles. The fourth-order valence-corrected chi connectivity index (χ4v) is 3.38. The Morgan fingerprint density at radius 2 is 2.05 bits per heavy atom. The van der Waals surface area contributed by atoms with Gasteiger partial charge in [-0.15, -0.1) is 0 Å². The highest BCUT2D eigenvalue weighted by atomic mass is 16.3. The second kappa shape index (κ2) is 5.87. The lowest BCUT2D eigenvalue weighted by atomic mass is 9.69. The SMILES string of the molecule is CCN1CCC2(CC1=O)CN([C@H](C(=O)N(C)C)[C@@H](C)O)C2=O. The zero-order valence-corrected chi connectivity index (χ0v) is 13.7. The van der Waals surface area contributed by atoms with E-state index in [9.17, 15) is 19.5 Å². The molecule has 0 aromatic heterocycles. The normalized spacial score (nSPS) is 27.7. The van der Waals surface area contributed by atoms with Crippen LogP contribution in [0.2, 0.25) is 0 Å². The van der Waals surface area contributed by atoms with Crippen LogP contribution in [0.25, 0.3) is 0 Å². The molecule has 2 heterocycles. The molecule has 124 valence electrons. The van der Waals surface area contributed by atoms with E-state index in [2.05, 4.69) is 0 Å². The Morgan fingerprint density at radius 3 is 2.45 bits per heavy atom. The van der Waals surface area contributed by atoms with Crippen LogP contribution in [0.5, 0.6) is 0 Å². The zero-order chi connectivity index (χ0) is 16.7. The lowest BCUT2D eigenvalue weighted by Crippen LogP contribution is -2.71. The van der Waals surface area contributed by atoms with Crippen molar-refractivity contribution in [3.8, 4) is 0 Å². The minimum atomic E-state index is -0.942. The summed E-state index contributed by atoms with van der Waals surface area (Å²) in [4.78, 5) is 41.4. The molecule has 22 heavy (non-hydrogen) atoms. The predicted octanol–water partition coefficient (Wildman–Crippen LogP) is -0.705. The predicted molar refractivity (Wildman–Crippen MR) is 79.8 cm³/mol. The van der Waals surface area contributed by atoms with E-state index in [4.69, 9.17) is 0 Å². The van der Waals surface area contributed by atoms with Gasteiger partial charge in [0, 0.05) is 40.2 Å². The highest BCUT2D eigenvalue weighted by Gasteiger charge is 2.58. The molecule has 2 aliphatic heterocycles. The van der Waals surface area contributed by atoms with Gasteiger partial charge in [0.1, 0.15) is 6.04 Å². The minimum Gasteiger partial charge on any atom is -0.391 e. The molecule has 1 unspecified atom stereocenters. The molecule has 3 amide bonds. The van der Waals surface area contributed by atoms with E-state index in [1.165, 1.54) is 16.7 Å². The van der Waals surface area contributed by atoms with Gasteiger partial charge in [-0.3, -0.25) is 14.4 Å². The Bertz CT molecular complexity index is 491. The summed E-state index contributed by atoms with van der Waals surface area (Å²) < 4.78 is 0. The van der Waals surface area contributed by atoms with Gasteiger partial charge in [-0.2, -0.15) is 0 Å². The molecule has 2 aliphatic rings. The molecule has 2 rings (SSSR count). The second-order valence-electron chi connectivity index (χ2n) is 6.53. The number of β-lactam (4-membered cyclic amide) rings is 1. The highest BCUT2D eigenvalue weighted by molar-refractivity contribution is 5.98. The summed E-state index contributed by atoms with van der Waals surface area (Å²) in [6.07, 6.45) is -0.105. The number of carbonyl (C=O) groups is 3. The summed E-state index contributed by atoms with van der Waals surface area (Å²) in [5.74, 6) is -0.484. The smallest absolute Gasteiger partial charge is 0.247 e. The van der Waals surface area contributed by atoms with Gasteiger partial charge in [0.2, 0.25) is 17.7 Å². The third kappa shape index (κ3) is 2.58. The number of nitrogens with zero attached hydrogens (tertiary/aromatic N) is 3. The first-order valence-corrected chi connectivity index (χ1v) is 7.71. The highest BCUT2D eigenvalue weighted by Crippen LogP contribution is 2.43. The molecule has 2 fully saturated rings. The van der Waals surface area contributed by atoms with Crippen LogP contribution in [0, 0.1) is 5.41 Å².